The van der Waals surface area contributed by atoms with Gasteiger partial charge in [-0.1, -0.05) is 0 Å². The van der Waals surface area contributed by atoms with E-state index in [1.807, 2.05) is 6.07 Å². The van der Waals surface area contributed by atoms with Crippen LogP contribution >= 0.6 is 23.1 Å². The van der Waals surface area contributed by atoms with Crippen LogP contribution < -0.4 is 5.56 Å². The highest BCUT2D eigenvalue weighted by Crippen LogP contribution is 2.31. The zero-order chi connectivity index (χ0) is 17.4. The monoisotopic (exact) mass is 358 g/mol. The summed E-state index contributed by atoms with van der Waals surface area (Å²) in [5.74, 6) is -0.772. The summed E-state index contributed by atoms with van der Waals surface area (Å²) in [6.07, 6.45) is 1.72. The van der Waals surface area contributed by atoms with Crippen molar-refractivity contribution in [1.82, 2.24) is 4.40 Å². The maximum absolute atomic E-state index is 13.1. The number of nitriles is 1. The van der Waals surface area contributed by atoms with Crippen LogP contribution in [0, 0.1) is 24.1 Å². The maximum atomic E-state index is 13.1. The Morgan fingerprint density at radius 3 is 2.58 bits per heavy atom. The van der Waals surface area contributed by atoms with E-state index in [1.54, 1.807) is 18.6 Å². The van der Waals surface area contributed by atoms with Gasteiger partial charge in [0.05, 0.1) is 5.56 Å². The van der Waals surface area contributed by atoms with Crippen molar-refractivity contribution < 1.29 is 9.18 Å². The van der Waals surface area contributed by atoms with Crippen LogP contribution in [0.1, 0.15) is 27.2 Å². The van der Waals surface area contributed by atoms with Crippen molar-refractivity contribution in [2.75, 3.05) is 6.26 Å². The minimum atomic E-state index is -0.434. The molecule has 2 aromatic heterocycles. The molecule has 4 nitrogen and oxygen atoms in total. The smallest absolute Gasteiger partial charge is 0.275 e. The van der Waals surface area contributed by atoms with Crippen molar-refractivity contribution in [1.29, 1.82) is 5.26 Å². The summed E-state index contributed by atoms with van der Waals surface area (Å²) in [6.45, 7) is 1.75. The number of thioether (sulfide) groups is 1. The van der Waals surface area contributed by atoms with Crippen molar-refractivity contribution in [2.24, 2.45) is 0 Å². The van der Waals surface area contributed by atoms with Gasteiger partial charge in [-0.3, -0.25) is 14.0 Å². The lowest BCUT2D eigenvalue weighted by Crippen LogP contribution is -2.21. The van der Waals surface area contributed by atoms with Crippen molar-refractivity contribution >= 4 is 33.7 Å². The van der Waals surface area contributed by atoms with Crippen molar-refractivity contribution in [3.05, 3.63) is 68.2 Å². The molecule has 0 aliphatic carbocycles. The van der Waals surface area contributed by atoms with E-state index in [0.29, 0.717) is 26.5 Å². The van der Waals surface area contributed by atoms with Crippen LogP contribution in [0.5, 0.6) is 0 Å². The normalized spacial score (nSPS) is 10.8. The molecular formula is C17H11FN2O2S2. The average Bonchev–Trinajstić information content (AvgIpc) is 2.96. The molecule has 0 aliphatic rings. The van der Waals surface area contributed by atoms with Crippen molar-refractivity contribution in [2.45, 2.75) is 11.8 Å². The van der Waals surface area contributed by atoms with Gasteiger partial charge in [-0.05, 0) is 37.4 Å². The third kappa shape index (κ3) is 2.44. The number of hydrogen-bond donors (Lipinski definition) is 0. The molecule has 3 aromatic rings. The van der Waals surface area contributed by atoms with Gasteiger partial charge in [0.15, 0.2) is 5.78 Å². The number of aromatic nitrogens is 1. The SMILES string of the molecule is CSc1c(C#N)c(=O)n2c(C)csc2c1C(=O)c1ccc(F)cc1. The Morgan fingerprint density at radius 1 is 1.33 bits per heavy atom. The van der Waals surface area contributed by atoms with Crippen LogP contribution in [0.3, 0.4) is 0 Å². The van der Waals surface area contributed by atoms with E-state index in [9.17, 15) is 19.2 Å². The second-order valence-electron chi connectivity index (χ2n) is 5.05. The van der Waals surface area contributed by atoms with Crippen molar-refractivity contribution in [3.8, 4) is 6.07 Å². The number of nitrogens with zero attached hydrogens (tertiary/aromatic N) is 2. The number of hydrogen-bond acceptors (Lipinski definition) is 5. The largest absolute Gasteiger partial charge is 0.288 e. The molecule has 0 spiro atoms. The minimum Gasteiger partial charge on any atom is -0.288 e. The van der Waals surface area contributed by atoms with E-state index in [-0.39, 0.29) is 11.3 Å². The molecule has 120 valence electrons. The van der Waals surface area contributed by atoms with Gasteiger partial charge < -0.3 is 0 Å². The molecule has 0 saturated heterocycles. The van der Waals surface area contributed by atoms with Crippen LogP contribution in [0.4, 0.5) is 4.39 Å². The number of carbonyl (C=O) groups is 1. The molecule has 0 fully saturated rings. The fourth-order valence-electron chi connectivity index (χ4n) is 2.51. The summed E-state index contributed by atoms with van der Waals surface area (Å²) < 4.78 is 14.5. The predicted octanol–water partition coefficient (Wildman–Crippen LogP) is 3.63. The number of aryl methyl sites for hydroxylation is 1. The molecule has 0 radical (unpaired) electrons. The summed E-state index contributed by atoms with van der Waals surface area (Å²) in [5, 5.41) is 11.2. The van der Waals surface area contributed by atoms with Gasteiger partial charge in [0.2, 0.25) is 0 Å². The zero-order valence-corrected chi connectivity index (χ0v) is 14.4. The quantitative estimate of drug-likeness (QED) is 0.530. The summed E-state index contributed by atoms with van der Waals surface area (Å²) in [4.78, 5) is 26.4. The number of pyridine rings is 1. The van der Waals surface area contributed by atoms with Gasteiger partial charge in [0.1, 0.15) is 22.3 Å². The molecule has 0 aliphatic heterocycles. The number of thiazole rings is 1. The molecule has 1 aromatic carbocycles. The highest BCUT2D eigenvalue weighted by Gasteiger charge is 2.25. The average molecular weight is 358 g/mol. The van der Waals surface area contributed by atoms with E-state index in [4.69, 9.17) is 0 Å². The fraction of sp³-hybridized carbons (Fsp3) is 0.118. The second kappa shape index (κ2) is 6.23. The van der Waals surface area contributed by atoms with Gasteiger partial charge in [-0.2, -0.15) is 5.26 Å². The molecule has 2 heterocycles. The van der Waals surface area contributed by atoms with Crippen LogP contribution in [-0.4, -0.2) is 16.4 Å². The summed E-state index contributed by atoms with van der Waals surface area (Å²) >= 11 is 2.46. The zero-order valence-electron chi connectivity index (χ0n) is 12.8. The van der Waals surface area contributed by atoms with Crippen LogP contribution in [-0.2, 0) is 0 Å². The van der Waals surface area contributed by atoms with Crippen LogP contribution in [0.2, 0.25) is 0 Å². The summed E-state index contributed by atoms with van der Waals surface area (Å²) in [6, 6.07) is 7.14. The van der Waals surface area contributed by atoms with Crippen molar-refractivity contribution in [3.63, 3.8) is 0 Å². The van der Waals surface area contributed by atoms with E-state index >= 15 is 0 Å². The Kier molecular flexibility index (Phi) is 4.26. The molecule has 0 unspecified atom stereocenters. The third-order valence-corrected chi connectivity index (χ3v) is 5.52. The Labute approximate surface area is 145 Å². The Morgan fingerprint density at radius 2 is 2.00 bits per heavy atom. The highest BCUT2D eigenvalue weighted by molar-refractivity contribution is 7.98. The van der Waals surface area contributed by atoms with E-state index in [0.717, 1.165) is 0 Å². The topological polar surface area (TPSA) is 62.3 Å². The lowest BCUT2D eigenvalue weighted by molar-refractivity contribution is 0.103. The molecule has 0 N–H and O–H groups in total. The summed E-state index contributed by atoms with van der Waals surface area (Å²) in [7, 11) is 0. The Hall–Kier alpha value is -2.43. The number of ketones is 1. The van der Waals surface area contributed by atoms with Gasteiger partial charge >= 0.3 is 0 Å². The van der Waals surface area contributed by atoms with Gasteiger partial charge in [0.25, 0.3) is 5.56 Å². The molecule has 0 amide bonds. The number of benzene rings is 1. The lowest BCUT2D eigenvalue weighted by Gasteiger charge is -2.11. The molecule has 24 heavy (non-hydrogen) atoms. The first kappa shape index (κ1) is 16.4. The van der Waals surface area contributed by atoms with Gasteiger partial charge in [0, 0.05) is 21.5 Å². The molecule has 0 saturated carbocycles. The number of carbonyl (C=O) groups excluding carboxylic acids is 1. The second-order valence-corrected chi connectivity index (χ2v) is 6.73. The maximum Gasteiger partial charge on any atom is 0.275 e. The first-order chi connectivity index (χ1) is 11.5. The van der Waals surface area contributed by atoms with E-state index in [2.05, 4.69) is 0 Å². The van der Waals surface area contributed by atoms with Crippen LogP contribution in [0.15, 0.2) is 39.3 Å². The predicted molar refractivity (Wildman–Crippen MR) is 92.6 cm³/mol. The van der Waals surface area contributed by atoms with Gasteiger partial charge in [-0.15, -0.1) is 23.1 Å². The number of rotatable bonds is 3. The molecular weight excluding hydrogens is 347 g/mol. The molecule has 0 atom stereocenters. The first-order valence-electron chi connectivity index (χ1n) is 6.90. The molecule has 0 bridgehead atoms. The van der Waals surface area contributed by atoms with Crippen LogP contribution in [0.25, 0.3) is 4.83 Å². The Bertz CT molecular complexity index is 1060. The first-order valence-corrected chi connectivity index (χ1v) is 9.01. The molecule has 3 rings (SSSR count). The fourth-order valence-corrected chi connectivity index (χ4v) is 4.34. The number of halogens is 1. The third-order valence-electron chi connectivity index (χ3n) is 3.63. The van der Waals surface area contributed by atoms with Gasteiger partial charge in [-0.25, -0.2) is 4.39 Å². The lowest BCUT2D eigenvalue weighted by atomic mass is 10.0. The minimum absolute atomic E-state index is 0.0491. The standard InChI is InChI=1S/C17H11FN2O2S2/c1-9-8-24-17-13(14(21)10-3-5-11(18)6-4-10)15(23-2)12(7-19)16(22)20(9)17/h3-6,8H,1-2H3. The van der Waals surface area contributed by atoms with E-state index in [1.165, 1.54) is 51.8 Å². The highest BCUT2D eigenvalue weighted by atomic mass is 32.2. The Balaban J connectivity index is 2.40. The number of fused-ring (bicyclic) bond motifs is 1. The van der Waals surface area contributed by atoms with E-state index < -0.39 is 11.4 Å². The summed E-state index contributed by atoms with van der Waals surface area (Å²) in [5.41, 5.74) is 0.807. The molecule has 7 heteroatoms.